The predicted octanol–water partition coefficient (Wildman–Crippen LogP) is 2.90. The number of nitrogens with one attached hydrogen (secondary N) is 1. The molecule has 0 radical (unpaired) electrons. The summed E-state index contributed by atoms with van der Waals surface area (Å²) >= 11 is 0. The van der Waals surface area contributed by atoms with Gasteiger partial charge >= 0.3 is 0 Å². The molecule has 102 valence electrons. The van der Waals surface area contributed by atoms with E-state index in [1.807, 2.05) is 58.9 Å². The van der Waals surface area contributed by atoms with Gasteiger partial charge in [-0.25, -0.2) is 0 Å². The van der Waals surface area contributed by atoms with Gasteiger partial charge in [0.2, 0.25) is 0 Å². The molecule has 0 heterocycles. The molecule has 0 aliphatic carbocycles. The molecule has 2 atom stereocenters. The topological polar surface area (TPSA) is 41.5 Å². The number of hydrogen-bond acceptors (Lipinski definition) is 3. The molecule has 0 saturated carbocycles. The lowest BCUT2D eigenvalue weighted by Crippen LogP contribution is -2.31. The maximum atomic E-state index is 10.1. The Hall–Kier alpha value is -1.06. The summed E-state index contributed by atoms with van der Waals surface area (Å²) in [6.07, 6.45) is -0.492. The molecule has 0 spiro atoms. The quantitative estimate of drug-likeness (QED) is 0.845. The van der Waals surface area contributed by atoms with Crippen LogP contribution in [0.3, 0.4) is 0 Å². The van der Waals surface area contributed by atoms with Crippen molar-refractivity contribution in [2.45, 2.75) is 52.4 Å². The Kier molecular flexibility index (Phi) is 5.17. The summed E-state index contributed by atoms with van der Waals surface area (Å²) in [5.41, 5.74) is 0.710. The first-order chi connectivity index (χ1) is 8.33. The molecule has 18 heavy (non-hydrogen) atoms. The fourth-order valence-corrected chi connectivity index (χ4v) is 1.81. The zero-order valence-corrected chi connectivity index (χ0v) is 12.0. The van der Waals surface area contributed by atoms with Gasteiger partial charge in [0.05, 0.1) is 6.10 Å². The summed E-state index contributed by atoms with van der Waals surface area (Å²) in [5, 5.41) is 13.4. The Morgan fingerprint density at radius 1 is 1.22 bits per heavy atom. The van der Waals surface area contributed by atoms with Gasteiger partial charge in [-0.05, 0) is 51.9 Å². The van der Waals surface area contributed by atoms with Gasteiger partial charge in [-0.3, -0.25) is 0 Å². The fourth-order valence-electron chi connectivity index (χ4n) is 1.81. The summed E-state index contributed by atoms with van der Waals surface area (Å²) in [6.45, 7) is 10.9. The molecule has 0 aliphatic rings. The Bertz CT molecular complexity index is 354. The Morgan fingerprint density at radius 3 is 2.22 bits per heavy atom. The Balaban J connectivity index is 2.70. The number of rotatable bonds is 5. The molecule has 2 N–H and O–H groups in total. The highest BCUT2D eigenvalue weighted by Gasteiger charge is 2.16. The van der Waals surface area contributed by atoms with Crippen molar-refractivity contribution in [2.75, 3.05) is 6.54 Å². The van der Waals surface area contributed by atoms with Crippen LogP contribution in [0.5, 0.6) is 5.75 Å². The van der Waals surface area contributed by atoms with E-state index in [1.165, 1.54) is 0 Å². The second-order valence-electron chi connectivity index (χ2n) is 5.57. The highest BCUT2D eigenvalue weighted by atomic mass is 16.5. The standard InChI is InChI=1S/C15H25NO2/c1-6-16-11(2)14(17)12-7-9-13(10-8-12)18-15(3,4)5/h7-11,14,16-17H,6H2,1-5H3. The maximum absolute atomic E-state index is 10.1. The third-order valence-electron chi connectivity index (χ3n) is 2.65. The maximum Gasteiger partial charge on any atom is 0.120 e. The van der Waals surface area contributed by atoms with Crippen LogP contribution in [0.15, 0.2) is 24.3 Å². The molecule has 0 amide bonds. The highest BCUT2D eigenvalue weighted by Crippen LogP contribution is 2.22. The van der Waals surface area contributed by atoms with E-state index in [0.29, 0.717) is 0 Å². The van der Waals surface area contributed by atoms with Gasteiger partial charge in [-0.2, -0.15) is 0 Å². The van der Waals surface area contributed by atoms with Gasteiger partial charge < -0.3 is 15.2 Å². The average Bonchev–Trinajstić information content (AvgIpc) is 2.27. The van der Waals surface area contributed by atoms with Crippen LogP contribution < -0.4 is 10.1 Å². The number of aliphatic hydroxyl groups is 1. The normalized spacial score (nSPS) is 15.2. The second-order valence-corrected chi connectivity index (χ2v) is 5.57. The molecule has 1 rings (SSSR count). The van der Waals surface area contributed by atoms with Crippen molar-refractivity contribution in [1.29, 1.82) is 0 Å². The monoisotopic (exact) mass is 251 g/mol. The second kappa shape index (κ2) is 6.21. The lowest BCUT2D eigenvalue weighted by Gasteiger charge is -2.23. The summed E-state index contributed by atoms with van der Waals surface area (Å²) in [5.74, 6) is 0.828. The van der Waals surface area contributed by atoms with Crippen LogP contribution in [0.1, 0.15) is 46.3 Å². The minimum absolute atomic E-state index is 0.0457. The van der Waals surface area contributed by atoms with E-state index in [2.05, 4.69) is 5.32 Å². The van der Waals surface area contributed by atoms with Crippen molar-refractivity contribution in [1.82, 2.24) is 5.32 Å². The van der Waals surface area contributed by atoms with E-state index in [1.54, 1.807) is 0 Å². The highest BCUT2D eigenvalue weighted by molar-refractivity contribution is 5.29. The molecular weight excluding hydrogens is 226 g/mol. The minimum atomic E-state index is -0.492. The third kappa shape index (κ3) is 4.67. The molecule has 0 aliphatic heterocycles. The fraction of sp³-hybridized carbons (Fsp3) is 0.600. The van der Waals surface area contributed by atoms with Crippen molar-refractivity contribution < 1.29 is 9.84 Å². The van der Waals surface area contributed by atoms with E-state index in [-0.39, 0.29) is 11.6 Å². The number of aliphatic hydroxyl groups excluding tert-OH is 1. The molecule has 0 fully saturated rings. The molecule has 3 heteroatoms. The number of hydrogen-bond donors (Lipinski definition) is 2. The van der Waals surface area contributed by atoms with Crippen molar-refractivity contribution >= 4 is 0 Å². The van der Waals surface area contributed by atoms with Crippen LogP contribution in [0, 0.1) is 0 Å². The van der Waals surface area contributed by atoms with Crippen LogP contribution in [0.4, 0.5) is 0 Å². The lowest BCUT2D eigenvalue weighted by atomic mass is 10.0. The van der Waals surface area contributed by atoms with Crippen LogP contribution in [0.25, 0.3) is 0 Å². The minimum Gasteiger partial charge on any atom is -0.488 e. The van der Waals surface area contributed by atoms with E-state index >= 15 is 0 Å². The molecule has 1 aromatic rings. The van der Waals surface area contributed by atoms with E-state index in [4.69, 9.17) is 4.74 Å². The molecule has 1 aromatic carbocycles. The Morgan fingerprint density at radius 2 is 1.78 bits per heavy atom. The van der Waals surface area contributed by atoms with Crippen molar-refractivity contribution in [3.63, 3.8) is 0 Å². The molecule has 2 unspecified atom stereocenters. The van der Waals surface area contributed by atoms with Crippen molar-refractivity contribution in [3.05, 3.63) is 29.8 Å². The number of benzene rings is 1. The van der Waals surface area contributed by atoms with E-state index in [0.717, 1.165) is 17.9 Å². The predicted molar refractivity (Wildman–Crippen MR) is 74.9 cm³/mol. The zero-order chi connectivity index (χ0) is 13.8. The summed E-state index contributed by atoms with van der Waals surface area (Å²) in [4.78, 5) is 0. The van der Waals surface area contributed by atoms with Crippen molar-refractivity contribution in [2.24, 2.45) is 0 Å². The first-order valence-corrected chi connectivity index (χ1v) is 6.54. The molecule has 0 saturated heterocycles. The first-order valence-electron chi connectivity index (χ1n) is 6.54. The third-order valence-corrected chi connectivity index (χ3v) is 2.65. The number of likely N-dealkylation sites (N-methyl/N-ethyl adjacent to an activating group) is 1. The van der Waals surface area contributed by atoms with Gasteiger partial charge in [-0.15, -0.1) is 0 Å². The summed E-state index contributed by atoms with van der Waals surface area (Å²) < 4.78 is 5.75. The van der Waals surface area contributed by atoms with Gasteiger partial charge in [0.1, 0.15) is 11.4 Å². The van der Waals surface area contributed by atoms with E-state index in [9.17, 15) is 5.11 Å². The lowest BCUT2D eigenvalue weighted by molar-refractivity contribution is 0.129. The molecule has 0 aromatic heterocycles. The van der Waals surface area contributed by atoms with Crippen LogP contribution in [0.2, 0.25) is 0 Å². The van der Waals surface area contributed by atoms with Crippen molar-refractivity contribution in [3.8, 4) is 5.75 Å². The molecule has 0 bridgehead atoms. The summed E-state index contributed by atoms with van der Waals surface area (Å²) in [6, 6.07) is 7.69. The Labute approximate surface area is 110 Å². The van der Waals surface area contributed by atoms with Gasteiger partial charge in [0.15, 0.2) is 0 Å². The summed E-state index contributed by atoms with van der Waals surface area (Å²) in [7, 11) is 0. The van der Waals surface area contributed by atoms with Crippen LogP contribution in [-0.2, 0) is 0 Å². The van der Waals surface area contributed by atoms with Crippen LogP contribution in [-0.4, -0.2) is 23.3 Å². The molecular formula is C15H25NO2. The average molecular weight is 251 g/mol. The smallest absolute Gasteiger partial charge is 0.120 e. The van der Waals surface area contributed by atoms with Gasteiger partial charge in [0, 0.05) is 6.04 Å². The van der Waals surface area contributed by atoms with Gasteiger partial charge in [-0.1, -0.05) is 19.1 Å². The first kappa shape index (κ1) is 15.0. The number of ether oxygens (including phenoxy) is 1. The van der Waals surface area contributed by atoms with Crippen LogP contribution >= 0.6 is 0 Å². The van der Waals surface area contributed by atoms with E-state index < -0.39 is 6.10 Å². The zero-order valence-electron chi connectivity index (χ0n) is 12.0. The molecule has 3 nitrogen and oxygen atoms in total. The SMILES string of the molecule is CCNC(C)C(O)c1ccc(OC(C)(C)C)cc1. The largest absolute Gasteiger partial charge is 0.488 e. The van der Waals surface area contributed by atoms with Gasteiger partial charge in [0.25, 0.3) is 0 Å².